The molecule has 5 heteroatoms. The lowest BCUT2D eigenvalue weighted by Gasteiger charge is -2.36. The molecule has 0 spiro atoms. The van der Waals surface area contributed by atoms with Gasteiger partial charge in [0.1, 0.15) is 0 Å². The van der Waals surface area contributed by atoms with E-state index in [0.29, 0.717) is 0 Å². The number of para-hydroxylation sites is 1. The van der Waals surface area contributed by atoms with Gasteiger partial charge >= 0.3 is 6.03 Å². The van der Waals surface area contributed by atoms with Gasteiger partial charge in [0.25, 0.3) is 0 Å². The number of amides is 2. The topological polar surface area (TPSA) is 35.6 Å². The summed E-state index contributed by atoms with van der Waals surface area (Å²) in [4.78, 5) is 16.3. The van der Waals surface area contributed by atoms with Gasteiger partial charge in [0.05, 0.1) is 5.69 Å². The number of urea groups is 1. The molecule has 1 unspecified atom stereocenters. The van der Waals surface area contributed by atoms with Gasteiger partial charge in [0, 0.05) is 36.7 Å². The average Bonchev–Trinajstić information content (AvgIpc) is 2.47. The molecule has 0 aromatic heterocycles. The van der Waals surface area contributed by atoms with Gasteiger partial charge in [-0.25, -0.2) is 4.79 Å². The molecule has 2 amide bonds. The third kappa shape index (κ3) is 3.66. The second-order valence-electron chi connectivity index (χ2n) is 5.18. The fourth-order valence-electron chi connectivity index (χ4n) is 2.26. The molecule has 1 saturated heterocycles. The van der Waals surface area contributed by atoms with Gasteiger partial charge in [-0.3, -0.25) is 0 Å². The van der Waals surface area contributed by atoms with Crippen LogP contribution in [0.25, 0.3) is 0 Å². The van der Waals surface area contributed by atoms with Crippen molar-refractivity contribution in [2.24, 2.45) is 0 Å². The standard InChI is InChI=1S/C15H22BrN3O/c1-3-12(2)17-15(20)19-10-8-18(9-11-19)14-7-5-4-6-13(14)16/h4-7,12H,3,8-11H2,1-2H3,(H,17,20). The maximum atomic E-state index is 12.1. The first-order chi connectivity index (χ1) is 9.61. The van der Waals surface area contributed by atoms with E-state index in [1.165, 1.54) is 5.69 Å². The van der Waals surface area contributed by atoms with Crippen LogP contribution in [0.15, 0.2) is 28.7 Å². The number of nitrogens with zero attached hydrogens (tertiary/aromatic N) is 2. The van der Waals surface area contributed by atoms with Crippen LogP contribution in [0.4, 0.5) is 10.5 Å². The Morgan fingerprint density at radius 1 is 1.30 bits per heavy atom. The monoisotopic (exact) mass is 339 g/mol. The van der Waals surface area contributed by atoms with Gasteiger partial charge in [-0.05, 0) is 41.4 Å². The molecular formula is C15H22BrN3O. The maximum absolute atomic E-state index is 12.1. The van der Waals surface area contributed by atoms with E-state index in [4.69, 9.17) is 0 Å². The number of halogens is 1. The zero-order valence-corrected chi connectivity index (χ0v) is 13.7. The molecule has 0 saturated carbocycles. The summed E-state index contributed by atoms with van der Waals surface area (Å²) in [5.74, 6) is 0. The van der Waals surface area contributed by atoms with Gasteiger partial charge < -0.3 is 15.1 Å². The minimum atomic E-state index is 0.0612. The van der Waals surface area contributed by atoms with Crippen molar-refractivity contribution in [3.63, 3.8) is 0 Å². The van der Waals surface area contributed by atoms with E-state index in [-0.39, 0.29) is 12.1 Å². The van der Waals surface area contributed by atoms with Gasteiger partial charge in [-0.1, -0.05) is 19.1 Å². The normalized spacial score (nSPS) is 16.9. The summed E-state index contributed by atoms with van der Waals surface area (Å²) in [6.45, 7) is 7.39. The Kier molecular flexibility index (Phi) is 5.29. The summed E-state index contributed by atoms with van der Waals surface area (Å²) in [6, 6.07) is 8.52. The summed E-state index contributed by atoms with van der Waals surface area (Å²) in [5, 5.41) is 3.02. The van der Waals surface area contributed by atoms with E-state index in [0.717, 1.165) is 37.1 Å². The van der Waals surface area contributed by atoms with Gasteiger partial charge in [-0.2, -0.15) is 0 Å². The zero-order valence-electron chi connectivity index (χ0n) is 12.1. The second-order valence-corrected chi connectivity index (χ2v) is 6.04. The molecule has 0 aliphatic carbocycles. The molecule has 0 bridgehead atoms. The highest BCUT2D eigenvalue weighted by molar-refractivity contribution is 9.10. The number of hydrogen-bond acceptors (Lipinski definition) is 2. The third-order valence-corrected chi connectivity index (χ3v) is 4.41. The molecule has 1 aromatic rings. The van der Waals surface area contributed by atoms with Crippen LogP contribution in [-0.4, -0.2) is 43.2 Å². The van der Waals surface area contributed by atoms with E-state index >= 15 is 0 Å². The first kappa shape index (κ1) is 15.2. The molecular weight excluding hydrogens is 318 g/mol. The van der Waals surface area contributed by atoms with E-state index < -0.39 is 0 Å². The van der Waals surface area contributed by atoms with Crippen LogP contribution in [0.5, 0.6) is 0 Å². The summed E-state index contributed by atoms with van der Waals surface area (Å²) in [7, 11) is 0. The maximum Gasteiger partial charge on any atom is 0.317 e. The number of rotatable bonds is 3. The summed E-state index contributed by atoms with van der Waals surface area (Å²) >= 11 is 3.58. The van der Waals surface area contributed by atoms with E-state index in [1.54, 1.807) is 0 Å². The minimum absolute atomic E-state index is 0.0612. The van der Waals surface area contributed by atoms with Crippen molar-refractivity contribution in [3.05, 3.63) is 28.7 Å². The Bertz CT molecular complexity index is 458. The molecule has 1 atom stereocenters. The Balaban J connectivity index is 1.89. The lowest BCUT2D eigenvalue weighted by atomic mass is 10.2. The number of carbonyl (C=O) groups excluding carboxylic acids is 1. The van der Waals surface area contributed by atoms with Gasteiger partial charge in [-0.15, -0.1) is 0 Å². The molecule has 1 aliphatic rings. The average molecular weight is 340 g/mol. The Morgan fingerprint density at radius 2 is 1.95 bits per heavy atom. The van der Waals surface area contributed by atoms with Crippen LogP contribution in [0.1, 0.15) is 20.3 Å². The lowest BCUT2D eigenvalue weighted by molar-refractivity contribution is 0.190. The van der Waals surface area contributed by atoms with Crippen LogP contribution in [0.3, 0.4) is 0 Å². The van der Waals surface area contributed by atoms with Crippen LogP contribution < -0.4 is 10.2 Å². The molecule has 0 radical (unpaired) electrons. The predicted octanol–water partition coefficient (Wildman–Crippen LogP) is 3.08. The lowest BCUT2D eigenvalue weighted by Crippen LogP contribution is -2.53. The first-order valence-electron chi connectivity index (χ1n) is 7.16. The highest BCUT2D eigenvalue weighted by atomic mass is 79.9. The highest BCUT2D eigenvalue weighted by Gasteiger charge is 2.22. The third-order valence-electron chi connectivity index (χ3n) is 3.74. The van der Waals surface area contributed by atoms with Crippen molar-refractivity contribution in [1.29, 1.82) is 0 Å². The number of carbonyl (C=O) groups is 1. The van der Waals surface area contributed by atoms with Crippen LogP contribution in [0.2, 0.25) is 0 Å². The van der Waals surface area contributed by atoms with E-state index in [1.807, 2.05) is 24.0 Å². The number of piperazine rings is 1. The second kappa shape index (κ2) is 6.97. The fraction of sp³-hybridized carbons (Fsp3) is 0.533. The number of anilines is 1. The van der Waals surface area contributed by atoms with Crippen molar-refractivity contribution < 1.29 is 4.79 Å². The van der Waals surface area contributed by atoms with Crippen LogP contribution >= 0.6 is 15.9 Å². The van der Waals surface area contributed by atoms with Crippen LogP contribution in [-0.2, 0) is 0 Å². The Morgan fingerprint density at radius 3 is 2.55 bits per heavy atom. The molecule has 1 N–H and O–H groups in total. The Labute approximate surface area is 129 Å². The van der Waals surface area contributed by atoms with E-state index in [2.05, 4.69) is 45.2 Å². The summed E-state index contributed by atoms with van der Waals surface area (Å²) in [6.07, 6.45) is 0.961. The van der Waals surface area contributed by atoms with E-state index in [9.17, 15) is 4.79 Å². The quantitative estimate of drug-likeness (QED) is 0.918. The number of hydrogen-bond donors (Lipinski definition) is 1. The molecule has 1 heterocycles. The minimum Gasteiger partial charge on any atom is -0.367 e. The fourth-order valence-corrected chi connectivity index (χ4v) is 2.80. The van der Waals surface area contributed by atoms with Crippen molar-refractivity contribution >= 4 is 27.6 Å². The van der Waals surface area contributed by atoms with Crippen molar-refractivity contribution in [2.75, 3.05) is 31.1 Å². The summed E-state index contributed by atoms with van der Waals surface area (Å²) < 4.78 is 1.11. The zero-order chi connectivity index (χ0) is 14.5. The number of benzene rings is 1. The highest BCUT2D eigenvalue weighted by Crippen LogP contribution is 2.26. The summed E-state index contributed by atoms with van der Waals surface area (Å²) in [5.41, 5.74) is 1.20. The SMILES string of the molecule is CCC(C)NC(=O)N1CCN(c2ccccc2Br)CC1. The Hall–Kier alpha value is -1.23. The predicted molar refractivity (Wildman–Crippen MR) is 86.2 cm³/mol. The molecule has 1 aliphatic heterocycles. The molecule has 2 rings (SSSR count). The molecule has 1 fully saturated rings. The van der Waals surface area contributed by atoms with Crippen molar-refractivity contribution in [2.45, 2.75) is 26.3 Å². The van der Waals surface area contributed by atoms with Crippen molar-refractivity contribution in [3.8, 4) is 0 Å². The van der Waals surface area contributed by atoms with Gasteiger partial charge in [0.15, 0.2) is 0 Å². The molecule has 4 nitrogen and oxygen atoms in total. The smallest absolute Gasteiger partial charge is 0.317 e. The molecule has 20 heavy (non-hydrogen) atoms. The largest absolute Gasteiger partial charge is 0.367 e. The van der Waals surface area contributed by atoms with Crippen LogP contribution in [0, 0.1) is 0 Å². The molecule has 1 aromatic carbocycles. The number of nitrogens with one attached hydrogen (secondary N) is 1. The van der Waals surface area contributed by atoms with Crippen molar-refractivity contribution in [1.82, 2.24) is 10.2 Å². The molecule has 110 valence electrons. The van der Waals surface area contributed by atoms with Gasteiger partial charge in [0.2, 0.25) is 0 Å². The first-order valence-corrected chi connectivity index (χ1v) is 7.96.